The summed E-state index contributed by atoms with van der Waals surface area (Å²) >= 11 is 0. The van der Waals surface area contributed by atoms with Crippen LogP contribution in [0.4, 0.5) is 11.4 Å². The third-order valence-corrected chi connectivity index (χ3v) is 4.41. The molecule has 3 rings (SSSR count). The van der Waals surface area contributed by atoms with Crippen LogP contribution in [-0.4, -0.2) is 37.7 Å². The first-order chi connectivity index (χ1) is 10.2. The van der Waals surface area contributed by atoms with E-state index in [0.29, 0.717) is 26.1 Å². The molecule has 2 aliphatic rings. The zero-order valence-electron chi connectivity index (χ0n) is 12.3. The Balaban J connectivity index is 1.69. The Hall–Kier alpha value is -1.59. The zero-order chi connectivity index (χ0) is 14.7. The lowest BCUT2D eigenvalue weighted by Gasteiger charge is -2.31. The molecule has 0 aromatic heterocycles. The summed E-state index contributed by atoms with van der Waals surface area (Å²) in [5.74, 6) is -0.107. The van der Waals surface area contributed by atoms with Crippen molar-refractivity contribution >= 4 is 17.3 Å². The van der Waals surface area contributed by atoms with Gasteiger partial charge in [-0.3, -0.25) is 4.79 Å². The van der Waals surface area contributed by atoms with Crippen LogP contribution >= 0.6 is 0 Å². The highest BCUT2D eigenvalue weighted by Crippen LogP contribution is 2.25. The fourth-order valence-corrected chi connectivity index (χ4v) is 2.97. The Labute approximate surface area is 125 Å². The molecule has 0 radical (unpaired) electrons. The minimum absolute atomic E-state index is 0.107. The van der Waals surface area contributed by atoms with E-state index in [2.05, 4.69) is 16.3 Å². The molecule has 1 aromatic carbocycles. The summed E-state index contributed by atoms with van der Waals surface area (Å²) in [5, 5.41) is 2.97. The van der Waals surface area contributed by atoms with Crippen LogP contribution in [0.3, 0.4) is 0 Å². The van der Waals surface area contributed by atoms with Crippen LogP contribution in [-0.2, 0) is 9.53 Å². The second-order valence-corrected chi connectivity index (χ2v) is 5.97. The number of nitrogens with one attached hydrogen (secondary N) is 1. The third-order valence-electron chi connectivity index (χ3n) is 4.41. The van der Waals surface area contributed by atoms with E-state index in [4.69, 9.17) is 10.5 Å². The van der Waals surface area contributed by atoms with Crippen LogP contribution < -0.4 is 16.0 Å². The SMILES string of the molecule is NC1(C(=O)Nc2cccc(N3CCCC3)c2)CCOCC1. The van der Waals surface area contributed by atoms with Gasteiger partial charge >= 0.3 is 0 Å². The Morgan fingerprint density at radius 3 is 2.67 bits per heavy atom. The van der Waals surface area contributed by atoms with Crippen molar-refractivity contribution in [3.05, 3.63) is 24.3 Å². The van der Waals surface area contributed by atoms with Crippen molar-refractivity contribution in [1.29, 1.82) is 0 Å². The van der Waals surface area contributed by atoms with E-state index >= 15 is 0 Å². The molecule has 0 spiro atoms. The Morgan fingerprint density at radius 1 is 1.24 bits per heavy atom. The van der Waals surface area contributed by atoms with Crippen molar-refractivity contribution in [3.8, 4) is 0 Å². The number of nitrogens with zero attached hydrogens (tertiary/aromatic N) is 1. The molecule has 2 heterocycles. The van der Waals surface area contributed by atoms with Gasteiger partial charge < -0.3 is 20.7 Å². The average Bonchev–Trinajstić information content (AvgIpc) is 3.02. The van der Waals surface area contributed by atoms with E-state index in [-0.39, 0.29) is 5.91 Å². The standard InChI is InChI=1S/C16H23N3O2/c17-16(6-10-21-11-7-16)15(20)18-13-4-3-5-14(12-13)19-8-1-2-9-19/h3-5,12H,1-2,6-11,17H2,(H,18,20). The van der Waals surface area contributed by atoms with Crippen molar-refractivity contribution < 1.29 is 9.53 Å². The van der Waals surface area contributed by atoms with Gasteiger partial charge in [0.15, 0.2) is 0 Å². The first kappa shape index (κ1) is 14.4. The molecule has 0 bridgehead atoms. The molecular formula is C16H23N3O2. The largest absolute Gasteiger partial charge is 0.381 e. The van der Waals surface area contributed by atoms with E-state index in [1.165, 1.54) is 18.5 Å². The molecule has 2 saturated heterocycles. The van der Waals surface area contributed by atoms with Crippen LogP contribution in [0.2, 0.25) is 0 Å². The predicted molar refractivity (Wildman–Crippen MR) is 83.5 cm³/mol. The van der Waals surface area contributed by atoms with E-state index in [1.807, 2.05) is 18.2 Å². The van der Waals surface area contributed by atoms with E-state index in [0.717, 1.165) is 18.8 Å². The number of nitrogens with two attached hydrogens (primary N) is 1. The second kappa shape index (κ2) is 6.03. The van der Waals surface area contributed by atoms with Crippen LogP contribution in [0.25, 0.3) is 0 Å². The maximum atomic E-state index is 12.4. The van der Waals surface area contributed by atoms with Gasteiger partial charge in [0.1, 0.15) is 5.54 Å². The molecule has 1 amide bonds. The molecule has 5 nitrogen and oxygen atoms in total. The Bertz CT molecular complexity index is 506. The van der Waals surface area contributed by atoms with Crippen LogP contribution in [0.1, 0.15) is 25.7 Å². The number of carbonyl (C=O) groups is 1. The van der Waals surface area contributed by atoms with Gasteiger partial charge in [0, 0.05) is 37.7 Å². The van der Waals surface area contributed by atoms with E-state index in [1.54, 1.807) is 0 Å². The van der Waals surface area contributed by atoms with Gasteiger partial charge in [0.05, 0.1) is 0 Å². The fraction of sp³-hybridized carbons (Fsp3) is 0.562. The smallest absolute Gasteiger partial charge is 0.244 e. The summed E-state index contributed by atoms with van der Waals surface area (Å²) in [5.41, 5.74) is 7.39. The lowest BCUT2D eigenvalue weighted by atomic mass is 9.90. The molecule has 114 valence electrons. The summed E-state index contributed by atoms with van der Waals surface area (Å²) in [4.78, 5) is 14.8. The third kappa shape index (κ3) is 3.19. The van der Waals surface area contributed by atoms with Gasteiger partial charge in [-0.05, 0) is 43.9 Å². The summed E-state index contributed by atoms with van der Waals surface area (Å²) in [7, 11) is 0. The molecule has 2 fully saturated rings. The van der Waals surface area contributed by atoms with Crippen LogP contribution in [0, 0.1) is 0 Å². The highest BCUT2D eigenvalue weighted by molar-refractivity contribution is 5.98. The van der Waals surface area contributed by atoms with Gasteiger partial charge in [-0.15, -0.1) is 0 Å². The Kier molecular flexibility index (Phi) is 4.12. The van der Waals surface area contributed by atoms with Gasteiger partial charge in [0.2, 0.25) is 5.91 Å². The first-order valence-corrected chi connectivity index (χ1v) is 7.70. The number of rotatable bonds is 3. The topological polar surface area (TPSA) is 67.6 Å². The molecule has 2 aliphatic heterocycles. The first-order valence-electron chi connectivity index (χ1n) is 7.70. The molecule has 1 aromatic rings. The monoisotopic (exact) mass is 289 g/mol. The molecule has 3 N–H and O–H groups in total. The van der Waals surface area contributed by atoms with Gasteiger partial charge in [-0.25, -0.2) is 0 Å². The number of amides is 1. The number of ether oxygens (including phenoxy) is 1. The normalized spacial score (nSPS) is 21.3. The molecule has 0 unspecified atom stereocenters. The minimum Gasteiger partial charge on any atom is -0.381 e. The van der Waals surface area contributed by atoms with E-state index in [9.17, 15) is 4.79 Å². The summed E-state index contributed by atoms with van der Waals surface area (Å²) < 4.78 is 5.29. The average molecular weight is 289 g/mol. The van der Waals surface area contributed by atoms with Gasteiger partial charge in [-0.2, -0.15) is 0 Å². The molecule has 5 heteroatoms. The zero-order valence-corrected chi connectivity index (χ0v) is 12.3. The second-order valence-electron chi connectivity index (χ2n) is 5.97. The van der Waals surface area contributed by atoms with Crippen molar-refractivity contribution in [3.63, 3.8) is 0 Å². The summed E-state index contributed by atoms with van der Waals surface area (Å²) in [6.45, 7) is 3.29. The maximum Gasteiger partial charge on any atom is 0.244 e. The molecule has 0 saturated carbocycles. The molecule has 21 heavy (non-hydrogen) atoms. The Morgan fingerprint density at radius 2 is 1.95 bits per heavy atom. The quantitative estimate of drug-likeness (QED) is 0.889. The number of anilines is 2. The number of hydrogen-bond donors (Lipinski definition) is 2. The minimum atomic E-state index is -0.804. The fourth-order valence-electron chi connectivity index (χ4n) is 2.97. The van der Waals surface area contributed by atoms with E-state index < -0.39 is 5.54 Å². The lowest BCUT2D eigenvalue weighted by molar-refractivity contribution is -0.124. The van der Waals surface area contributed by atoms with Crippen molar-refractivity contribution in [2.24, 2.45) is 5.73 Å². The number of hydrogen-bond acceptors (Lipinski definition) is 4. The van der Waals surface area contributed by atoms with Crippen molar-refractivity contribution in [1.82, 2.24) is 0 Å². The number of benzene rings is 1. The maximum absolute atomic E-state index is 12.4. The van der Waals surface area contributed by atoms with Crippen molar-refractivity contribution in [2.75, 3.05) is 36.5 Å². The summed E-state index contributed by atoms with van der Waals surface area (Å²) in [6.07, 6.45) is 3.63. The molecule has 0 aliphatic carbocycles. The van der Waals surface area contributed by atoms with Crippen LogP contribution in [0.5, 0.6) is 0 Å². The molecule has 0 atom stereocenters. The molecular weight excluding hydrogens is 266 g/mol. The summed E-state index contributed by atoms with van der Waals surface area (Å²) in [6, 6.07) is 8.02. The highest BCUT2D eigenvalue weighted by Gasteiger charge is 2.35. The van der Waals surface area contributed by atoms with Gasteiger partial charge in [-0.1, -0.05) is 6.07 Å². The number of carbonyl (C=O) groups excluding carboxylic acids is 1. The highest BCUT2D eigenvalue weighted by atomic mass is 16.5. The predicted octanol–water partition coefficient (Wildman–Crippen LogP) is 1.73. The van der Waals surface area contributed by atoms with Crippen LogP contribution in [0.15, 0.2) is 24.3 Å². The van der Waals surface area contributed by atoms with Crippen molar-refractivity contribution in [2.45, 2.75) is 31.2 Å². The lowest BCUT2D eigenvalue weighted by Crippen LogP contribution is -2.54. The van der Waals surface area contributed by atoms with Gasteiger partial charge in [0.25, 0.3) is 0 Å².